The molecule has 1 fully saturated rings. The fraction of sp³-hybridized carbons (Fsp3) is 0.250. The van der Waals surface area contributed by atoms with Crippen LogP contribution in [0.2, 0.25) is 15.1 Å². The highest BCUT2D eigenvalue weighted by Crippen LogP contribution is 2.32. The largest absolute Gasteiger partial charge is 0.335 e. The molecule has 156 valence electrons. The molecule has 7 nitrogen and oxygen atoms in total. The third kappa shape index (κ3) is 4.39. The molecule has 0 saturated carbocycles. The number of nitrogens with zero attached hydrogens (tertiary/aromatic N) is 3. The summed E-state index contributed by atoms with van der Waals surface area (Å²) < 4.78 is 0. The van der Waals surface area contributed by atoms with Crippen LogP contribution in [0.5, 0.6) is 0 Å². The minimum Gasteiger partial charge on any atom is -0.335 e. The molecule has 0 unspecified atom stereocenters. The van der Waals surface area contributed by atoms with E-state index < -0.39 is 0 Å². The molecular formula is C20H18Cl3N5O2. The third-order valence-corrected chi connectivity index (χ3v) is 6.02. The lowest BCUT2D eigenvalue weighted by Crippen LogP contribution is -2.50. The molecule has 0 spiro atoms. The van der Waals surface area contributed by atoms with E-state index in [-0.39, 0.29) is 18.4 Å². The number of fused-ring (bicyclic) bond motifs is 1. The summed E-state index contributed by atoms with van der Waals surface area (Å²) in [7, 11) is 0. The summed E-state index contributed by atoms with van der Waals surface area (Å²) in [6.07, 6.45) is 0. The number of hydrogen-bond acceptors (Lipinski definition) is 4. The zero-order chi connectivity index (χ0) is 21.3. The number of nitrogens with one attached hydrogen (secondary N) is 2. The standard InChI is InChI=1S/C20H18Cl3N5O2/c21-13-9-15(23)17(10-14(13)22)24-18(29)11-27-5-7-28(8-6-27)20(30)19-12-3-1-2-4-16(12)25-26-19/h1-4,9-10H,5-8,11H2,(H,24,29)(H,25,26). The number of carbonyl (C=O) groups excluding carboxylic acids is 2. The van der Waals surface area contributed by atoms with E-state index >= 15 is 0 Å². The van der Waals surface area contributed by atoms with E-state index in [9.17, 15) is 9.59 Å². The number of aromatic amines is 1. The molecule has 2 aromatic carbocycles. The molecule has 0 bridgehead atoms. The molecule has 0 atom stereocenters. The van der Waals surface area contributed by atoms with Crippen molar-refractivity contribution >= 4 is 63.2 Å². The number of anilines is 1. The summed E-state index contributed by atoms with van der Waals surface area (Å²) >= 11 is 18.0. The highest BCUT2D eigenvalue weighted by molar-refractivity contribution is 6.44. The molecule has 3 aromatic rings. The van der Waals surface area contributed by atoms with E-state index in [0.717, 1.165) is 10.9 Å². The number of para-hydroxylation sites is 1. The first-order chi connectivity index (χ1) is 14.4. The summed E-state index contributed by atoms with van der Waals surface area (Å²) in [4.78, 5) is 29.0. The molecule has 2 heterocycles. The second-order valence-corrected chi connectivity index (χ2v) is 8.20. The number of benzene rings is 2. The van der Waals surface area contributed by atoms with Gasteiger partial charge in [-0.2, -0.15) is 5.10 Å². The molecule has 2 N–H and O–H groups in total. The highest BCUT2D eigenvalue weighted by atomic mass is 35.5. The van der Waals surface area contributed by atoms with Gasteiger partial charge in [0.15, 0.2) is 5.69 Å². The zero-order valence-electron chi connectivity index (χ0n) is 15.8. The predicted octanol–water partition coefficient (Wildman–Crippen LogP) is 3.92. The molecular weight excluding hydrogens is 449 g/mol. The van der Waals surface area contributed by atoms with Crippen molar-refractivity contribution in [1.29, 1.82) is 0 Å². The van der Waals surface area contributed by atoms with E-state index in [1.807, 2.05) is 29.2 Å². The van der Waals surface area contributed by atoms with Crippen LogP contribution in [-0.4, -0.2) is 64.5 Å². The van der Waals surface area contributed by atoms with E-state index in [2.05, 4.69) is 15.5 Å². The van der Waals surface area contributed by atoms with Crippen LogP contribution >= 0.6 is 34.8 Å². The first-order valence-corrected chi connectivity index (χ1v) is 10.4. The number of piperazine rings is 1. The van der Waals surface area contributed by atoms with Gasteiger partial charge in [0.25, 0.3) is 5.91 Å². The second kappa shape index (κ2) is 8.81. The molecule has 1 aromatic heterocycles. The minimum absolute atomic E-state index is 0.112. The van der Waals surface area contributed by atoms with Gasteiger partial charge in [0.2, 0.25) is 5.91 Å². The van der Waals surface area contributed by atoms with Crippen LogP contribution in [0, 0.1) is 0 Å². The normalized spacial score (nSPS) is 14.8. The number of rotatable bonds is 4. The monoisotopic (exact) mass is 465 g/mol. The Morgan fingerprint density at radius 2 is 1.70 bits per heavy atom. The summed E-state index contributed by atoms with van der Waals surface area (Å²) in [6, 6.07) is 10.5. The first-order valence-electron chi connectivity index (χ1n) is 9.31. The van der Waals surface area contributed by atoms with E-state index in [1.54, 1.807) is 4.90 Å². The number of halogens is 3. The Morgan fingerprint density at radius 1 is 1.00 bits per heavy atom. The fourth-order valence-corrected chi connectivity index (χ4v) is 3.99. The molecule has 0 aliphatic carbocycles. The molecule has 2 amide bonds. The summed E-state index contributed by atoms with van der Waals surface area (Å²) in [5, 5.41) is 11.6. The van der Waals surface area contributed by atoms with E-state index in [1.165, 1.54) is 12.1 Å². The van der Waals surface area contributed by atoms with Gasteiger partial charge in [-0.25, -0.2) is 0 Å². The van der Waals surface area contributed by atoms with Crippen molar-refractivity contribution in [2.24, 2.45) is 0 Å². The van der Waals surface area contributed by atoms with Crippen molar-refractivity contribution < 1.29 is 9.59 Å². The Labute approximate surface area is 187 Å². The second-order valence-electron chi connectivity index (χ2n) is 6.98. The molecule has 30 heavy (non-hydrogen) atoms. The lowest BCUT2D eigenvalue weighted by atomic mass is 10.2. The van der Waals surface area contributed by atoms with Gasteiger partial charge < -0.3 is 10.2 Å². The topological polar surface area (TPSA) is 81.3 Å². The van der Waals surface area contributed by atoms with Gasteiger partial charge in [-0.15, -0.1) is 0 Å². The van der Waals surface area contributed by atoms with Crippen molar-refractivity contribution in [1.82, 2.24) is 20.0 Å². The third-order valence-electron chi connectivity index (χ3n) is 4.98. The Morgan fingerprint density at radius 3 is 2.47 bits per heavy atom. The maximum Gasteiger partial charge on any atom is 0.275 e. The smallest absolute Gasteiger partial charge is 0.275 e. The Hall–Kier alpha value is -2.32. The Kier molecular flexibility index (Phi) is 6.15. The van der Waals surface area contributed by atoms with Crippen LogP contribution in [0.4, 0.5) is 5.69 Å². The van der Waals surface area contributed by atoms with Crippen molar-refractivity contribution in [3.8, 4) is 0 Å². The predicted molar refractivity (Wildman–Crippen MR) is 119 cm³/mol. The number of amides is 2. The van der Waals surface area contributed by atoms with Crippen LogP contribution in [-0.2, 0) is 4.79 Å². The van der Waals surface area contributed by atoms with Gasteiger partial charge in [0, 0.05) is 31.6 Å². The van der Waals surface area contributed by atoms with Crippen molar-refractivity contribution in [3.63, 3.8) is 0 Å². The van der Waals surface area contributed by atoms with Crippen LogP contribution in [0.1, 0.15) is 10.5 Å². The maximum absolute atomic E-state index is 12.8. The molecule has 1 aliphatic heterocycles. The zero-order valence-corrected chi connectivity index (χ0v) is 18.1. The highest BCUT2D eigenvalue weighted by Gasteiger charge is 2.26. The van der Waals surface area contributed by atoms with Crippen LogP contribution in [0.15, 0.2) is 36.4 Å². The molecule has 4 rings (SSSR count). The summed E-state index contributed by atoms with van der Waals surface area (Å²) in [5.41, 5.74) is 1.67. The first kappa shape index (κ1) is 20.9. The Balaban J connectivity index is 1.33. The van der Waals surface area contributed by atoms with E-state index in [0.29, 0.717) is 52.6 Å². The minimum atomic E-state index is -0.214. The SMILES string of the molecule is O=C(CN1CCN(C(=O)c2n[nH]c3ccccc23)CC1)Nc1cc(Cl)c(Cl)cc1Cl. The lowest BCUT2D eigenvalue weighted by molar-refractivity contribution is -0.117. The fourth-order valence-electron chi connectivity index (χ4n) is 3.40. The number of H-pyrrole nitrogens is 1. The Bertz CT molecular complexity index is 1110. The van der Waals surface area contributed by atoms with Gasteiger partial charge >= 0.3 is 0 Å². The number of carbonyl (C=O) groups is 2. The summed E-state index contributed by atoms with van der Waals surface area (Å²) in [6.45, 7) is 2.37. The van der Waals surface area contributed by atoms with Crippen molar-refractivity contribution in [2.45, 2.75) is 0 Å². The number of hydrogen-bond donors (Lipinski definition) is 2. The van der Waals surface area contributed by atoms with Crippen LogP contribution in [0.3, 0.4) is 0 Å². The van der Waals surface area contributed by atoms with Gasteiger partial charge in [0.05, 0.1) is 32.8 Å². The van der Waals surface area contributed by atoms with Gasteiger partial charge in [0.1, 0.15) is 0 Å². The molecule has 1 aliphatic rings. The van der Waals surface area contributed by atoms with Crippen LogP contribution in [0.25, 0.3) is 10.9 Å². The van der Waals surface area contributed by atoms with Gasteiger partial charge in [-0.3, -0.25) is 19.6 Å². The molecule has 0 radical (unpaired) electrons. The summed E-state index contributed by atoms with van der Waals surface area (Å²) in [5.74, 6) is -0.326. The van der Waals surface area contributed by atoms with Crippen molar-refractivity contribution in [2.75, 3.05) is 38.0 Å². The van der Waals surface area contributed by atoms with Crippen LogP contribution < -0.4 is 5.32 Å². The van der Waals surface area contributed by atoms with Crippen molar-refractivity contribution in [3.05, 3.63) is 57.2 Å². The average Bonchev–Trinajstić information content (AvgIpc) is 3.16. The average molecular weight is 467 g/mol. The lowest BCUT2D eigenvalue weighted by Gasteiger charge is -2.34. The molecule has 1 saturated heterocycles. The molecule has 10 heteroatoms. The maximum atomic E-state index is 12.8. The van der Waals surface area contributed by atoms with Gasteiger partial charge in [-0.05, 0) is 18.2 Å². The van der Waals surface area contributed by atoms with Gasteiger partial charge in [-0.1, -0.05) is 53.0 Å². The quantitative estimate of drug-likeness (QED) is 0.571. The number of aromatic nitrogens is 2. The van der Waals surface area contributed by atoms with E-state index in [4.69, 9.17) is 34.8 Å².